The van der Waals surface area contributed by atoms with E-state index in [9.17, 15) is 18.0 Å². The number of rotatable bonds is 8. The van der Waals surface area contributed by atoms with Crippen molar-refractivity contribution in [2.75, 3.05) is 20.2 Å². The van der Waals surface area contributed by atoms with Crippen molar-refractivity contribution >= 4 is 21.8 Å². The fourth-order valence-electron chi connectivity index (χ4n) is 3.70. The summed E-state index contributed by atoms with van der Waals surface area (Å²) in [5, 5.41) is 5.52. The molecule has 0 unspecified atom stereocenters. The maximum absolute atomic E-state index is 12.9. The van der Waals surface area contributed by atoms with Gasteiger partial charge in [-0.3, -0.25) is 9.59 Å². The summed E-state index contributed by atoms with van der Waals surface area (Å²) in [6.07, 6.45) is 1.15. The van der Waals surface area contributed by atoms with Crippen molar-refractivity contribution in [3.05, 3.63) is 60.2 Å². The van der Waals surface area contributed by atoms with Crippen molar-refractivity contribution in [3.63, 3.8) is 0 Å². The fourth-order valence-corrected chi connectivity index (χ4v) is 5.24. The van der Waals surface area contributed by atoms with Crippen molar-refractivity contribution in [1.82, 2.24) is 14.9 Å². The van der Waals surface area contributed by atoms with E-state index in [4.69, 9.17) is 4.74 Å². The highest BCUT2D eigenvalue weighted by Crippen LogP contribution is 2.24. The Kier molecular flexibility index (Phi) is 7.87. The van der Waals surface area contributed by atoms with Crippen LogP contribution >= 0.6 is 0 Å². The first-order chi connectivity index (χ1) is 15.3. The lowest BCUT2D eigenvalue weighted by Gasteiger charge is -2.31. The monoisotopic (exact) mass is 459 g/mol. The molecule has 2 aromatic rings. The van der Waals surface area contributed by atoms with Crippen LogP contribution in [0.4, 0.5) is 0 Å². The third-order valence-corrected chi connectivity index (χ3v) is 7.41. The molecule has 0 spiro atoms. The van der Waals surface area contributed by atoms with Crippen molar-refractivity contribution in [1.29, 1.82) is 0 Å². The summed E-state index contributed by atoms with van der Waals surface area (Å²) in [6, 6.07) is 14.8. The normalized spacial score (nSPS) is 17.9. The van der Waals surface area contributed by atoms with Crippen LogP contribution in [0.25, 0.3) is 0 Å². The van der Waals surface area contributed by atoms with E-state index in [0.717, 1.165) is 5.56 Å². The molecule has 1 aliphatic rings. The fraction of sp³-hybridized carbons (Fsp3) is 0.391. The van der Waals surface area contributed by atoms with Gasteiger partial charge < -0.3 is 15.4 Å². The van der Waals surface area contributed by atoms with Gasteiger partial charge in [-0.05, 0) is 38.0 Å². The van der Waals surface area contributed by atoms with Crippen LogP contribution in [0, 0.1) is 5.92 Å². The van der Waals surface area contributed by atoms with E-state index in [1.807, 2.05) is 24.3 Å². The van der Waals surface area contributed by atoms with Crippen LogP contribution in [0.5, 0.6) is 5.75 Å². The van der Waals surface area contributed by atoms with E-state index in [0.29, 0.717) is 25.1 Å². The van der Waals surface area contributed by atoms with E-state index in [1.54, 1.807) is 44.4 Å². The van der Waals surface area contributed by atoms with E-state index < -0.39 is 22.0 Å². The number of carbonyl (C=O) groups excluding carboxylic acids is 2. The Morgan fingerprint density at radius 1 is 1.12 bits per heavy atom. The van der Waals surface area contributed by atoms with Gasteiger partial charge in [-0.15, -0.1) is 0 Å². The minimum atomic E-state index is -3.66. The number of methoxy groups -OCH3 is 1. The zero-order valence-electron chi connectivity index (χ0n) is 18.3. The molecule has 8 nitrogen and oxygen atoms in total. The van der Waals surface area contributed by atoms with Gasteiger partial charge in [0.1, 0.15) is 11.8 Å². The molecule has 0 bridgehead atoms. The molecule has 0 radical (unpaired) electrons. The van der Waals surface area contributed by atoms with Gasteiger partial charge >= 0.3 is 0 Å². The molecule has 172 valence electrons. The van der Waals surface area contributed by atoms with E-state index in [2.05, 4.69) is 10.6 Å². The predicted molar refractivity (Wildman–Crippen MR) is 120 cm³/mol. The quantitative estimate of drug-likeness (QED) is 0.628. The molecule has 1 heterocycles. The molecule has 2 atom stereocenters. The van der Waals surface area contributed by atoms with Crippen LogP contribution < -0.4 is 15.4 Å². The summed E-state index contributed by atoms with van der Waals surface area (Å²) in [5.74, 6) is -0.482. The first kappa shape index (κ1) is 23.7. The molecule has 1 fully saturated rings. The number of amides is 2. The molecule has 0 saturated carbocycles. The minimum absolute atomic E-state index is 0.0958. The Morgan fingerprint density at radius 3 is 2.53 bits per heavy atom. The maximum Gasteiger partial charge on any atom is 0.243 e. The SMILES string of the molecule is COc1ccccc1CNC(=O)[C@H](C)NC(=O)[C@@H]1CCCN(S(=O)(=O)c2ccccc2)C1. The average Bonchev–Trinajstić information content (AvgIpc) is 2.83. The Hall–Kier alpha value is -2.91. The second-order valence-corrected chi connectivity index (χ2v) is 9.71. The van der Waals surface area contributed by atoms with E-state index in [-0.39, 0.29) is 29.8 Å². The minimum Gasteiger partial charge on any atom is -0.496 e. The molecule has 0 aliphatic carbocycles. The third kappa shape index (κ3) is 5.66. The lowest BCUT2D eigenvalue weighted by Crippen LogP contribution is -2.50. The highest BCUT2D eigenvalue weighted by Gasteiger charge is 2.34. The Morgan fingerprint density at radius 2 is 1.81 bits per heavy atom. The van der Waals surface area contributed by atoms with Gasteiger partial charge in [-0.1, -0.05) is 36.4 Å². The zero-order valence-corrected chi connectivity index (χ0v) is 19.1. The molecule has 32 heavy (non-hydrogen) atoms. The highest BCUT2D eigenvalue weighted by atomic mass is 32.2. The first-order valence-electron chi connectivity index (χ1n) is 10.6. The summed E-state index contributed by atoms with van der Waals surface area (Å²) in [4.78, 5) is 25.4. The van der Waals surface area contributed by atoms with Gasteiger partial charge in [0.25, 0.3) is 0 Å². The first-order valence-corrected chi connectivity index (χ1v) is 12.0. The highest BCUT2D eigenvalue weighted by molar-refractivity contribution is 7.89. The maximum atomic E-state index is 12.9. The van der Waals surface area contributed by atoms with Crippen LogP contribution in [0.1, 0.15) is 25.3 Å². The van der Waals surface area contributed by atoms with Gasteiger partial charge in [0.15, 0.2) is 0 Å². The molecule has 2 amide bonds. The topological polar surface area (TPSA) is 105 Å². The second kappa shape index (κ2) is 10.6. The summed E-state index contributed by atoms with van der Waals surface area (Å²) < 4.78 is 32.4. The van der Waals surface area contributed by atoms with Crippen LogP contribution in [-0.4, -0.2) is 50.8 Å². The molecular formula is C23H29N3O5S. The summed E-state index contributed by atoms with van der Waals surface area (Å²) >= 11 is 0. The standard InChI is InChI=1S/C23H29N3O5S/c1-17(22(27)24-15-18-9-6-7-13-21(18)31-2)25-23(28)19-10-8-14-26(16-19)32(29,30)20-11-4-3-5-12-20/h3-7,9,11-13,17,19H,8,10,14-16H2,1-2H3,(H,24,27)(H,25,28)/t17-,19+/m0/s1. The lowest BCUT2D eigenvalue weighted by molar-refractivity contribution is -0.131. The third-order valence-electron chi connectivity index (χ3n) is 5.53. The molecule has 0 aromatic heterocycles. The molecule has 1 saturated heterocycles. The number of nitrogens with zero attached hydrogens (tertiary/aromatic N) is 1. The molecule has 2 aromatic carbocycles. The number of hydrogen-bond donors (Lipinski definition) is 2. The smallest absolute Gasteiger partial charge is 0.243 e. The van der Waals surface area contributed by atoms with Gasteiger partial charge in [-0.25, -0.2) is 8.42 Å². The summed E-state index contributed by atoms with van der Waals surface area (Å²) in [6.45, 7) is 2.35. The number of benzene rings is 2. The number of para-hydroxylation sites is 1. The van der Waals surface area contributed by atoms with Crippen molar-refractivity contribution in [2.24, 2.45) is 5.92 Å². The van der Waals surface area contributed by atoms with Crippen LogP contribution in [0.2, 0.25) is 0 Å². The van der Waals surface area contributed by atoms with Crippen molar-refractivity contribution < 1.29 is 22.7 Å². The number of hydrogen-bond acceptors (Lipinski definition) is 5. The average molecular weight is 460 g/mol. The van der Waals surface area contributed by atoms with Gasteiger partial charge in [0.2, 0.25) is 21.8 Å². The number of carbonyl (C=O) groups is 2. The van der Waals surface area contributed by atoms with Crippen molar-refractivity contribution in [3.8, 4) is 5.75 Å². The summed E-state index contributed by atoms with van der Waals surface area (Å²) in [7, 11) is -2.09. The lowest BCUT2D eigenvalue weighted by atomic mass is 9.98. The van der Waals surface area contributed by atoms with Crippen LogP contribution in [0.3, 0.4) is 0 Å². The predicted octanol–water partition coefficient (Wildman–Crippen LogP) is 1.92. The number of piperidine rings is 1. The molecule has 1 aliphatic heterocycles. The molecule has 9 heteroatoms. The number of sulfonamides is 1. The molecular weight excluding hydrogens is 430 g/mol. The summed E-state index contributed by atoms with van der Waals surface area (Å²) in [5.41, 5.74) is 0.830. The van der Waals surface area contributed by atoms with Gasteiger partial charge in [0, 0.05) is 25.2 Å². The Bertz CT molecular complexity index is 1040. The molecule has 3 rings (SSSR count). The van der Waals surface area contributed by atoms with E-state index >= 15 is 0 Å². The Labute approximate surface area is 189 Å². The zero-order chi connectivity index (χ0) is 23.1. The Balaban J connectivity index is 1.56. The van der Waals surface area contributed by atoms with Gasteiger partial charge in [-0.2, -0.15) is 4.31 Å². The van der Waals surface area contributed by atoms with Crippen molar-refractivity contribution in [2.45, 2.75) is 37.2 Å². The van der Waals surface area contributed by atoms with E-state index in [1.165, 1.54) is 4.31 Å². The second-order valence-electron chi connectivity index (χ2n) is 7.78. The number of nitrogens with one attached hydrogen (secondary N) is 2. The van der Waals surface area contributed by atoms with Crippen LogP contribution in [-0.2, 0) is 26.2 Å². The van der Waals surface area contributed by atoms with Gasteiger partial charge in [0.05, 0.1) is 17.9 Å². The molecule has 2 N–H and O–H groups in total. The van der Waals surface area contributed by atoms with Crippen LogP contribution in [0.15, 0.2) is 59.5 Å². The number of ether oxygens (including phenoxy) is 1. The largest absolute Gasteiger partial charge is 0.496 e.